The fraction of sp³-hybridized carbons (Fsp3) is 0.625. The third kappa shape index (κ3) is 3.32. The van der Waals surface area contributed by atoms with Crippen LogP contribution in [0.4, 0.5) is 4.39 Å². The normalized spacial score (nSPS) is 30.1. The van der Waals surface area contributed by atoms with Crippen molar-refractivity contribution in [2.45, 2.75) is 52.1 Å². The number of hydrogen-bond donors (Lipinski definition) is 1. The zero-order valence-electron chi connectivity index (χ0n) is 11.6. The Balaban J connectivity index is 1.94. The molecule has 0 amide bonds. The molecule has 3 unspecified atom stereocenters. The average molecular weight is 249 g/mol. The molecule has 1 aliphatic carbocycles. The van der Waals surface area contributed by atoms with E-state index in [1.807, 2.05) is 12.1 Å². The summed E-state index contributed by atoms with van der Waals surface area (Å²) in [5.41, 5.74) is 1.17. The lowest BCUT2D eigenvalue weighted by Gasteiger charge is -2.35. The SMILES string of the molecule is CC1CCC(N[C@@H](C)c2ccc(F)cc2)C(C)C1. The molecule has 100 valence electrons. The van der Waals surface area contributed by atoms with Crippen molar-refractivity contribution in [1.82, 2.24) is 5.32 Å². The molecule has 2 heteroatoms. The monoisotopic (exact) mass is 249 g/mol. The Bertz CT molecular complexity index is 373. The lowest BCUT2D eigenvalue weighted by molar-refractivity contribution is 0.216. The molecule has 1 aliphatic rings. The van der Waals surface area contributed by atoms with Crippen LogP contribution in [0.25, 0.3) is 0 Å². The van der Waals surface area contributed by atoms with Gasteiger partial charge in [-0.15, -0.1) is 0 Å². The minimum atomic E-state index is -0.161. The summed E-state index contributed by atoms with van der Waals surface area (Å²) in [5.74, 6) is 1.43. The molecule has 1 nitrogen and oxygen atoms in total. The first kappa shape index (κ1) is 13.5. The van der Waals surface area contributed by atoms with Gasteiger partial charge in [-0.25, -0.2) is 4.39 Å². The molecule has 0 radical (unpaired) electrons. The smallest absolute Gasteiger partial charge is 0.123 e. The van der Waals surface area contributed by atoms with Gasteiger partial charge < -0.3 is 5.32 Å². The number of nitrogens with one attached hydrogen (secondary N) is 1. The van der Waals surface area contributed by atoms with Crippen LogP contribution in [0.2, 0.25) is 0 Å². The van der Waals surface area contributed by atoms with Crippen LogP contribution in [-0.4, -0.2) is 6.04 Å². The topological polar surface area (TPSA) is 12.0 Å². The number of benzene rings is 1. The second-order valence-electron chi connectivity index (χ2n) is 5.94. The largest absolute Gasteiger partial charge is 0.307 e. The highest BCUT2D eigenvalue weighted by atomic mass is 19.1. The number of rotatable bonds is 3. The summed E-state index contributed by atoms with van der Waals surface area (Å²) in [6.07, 6.45) is 3.89. The Morgan fingerprint density at radius 3 is 2.44 bits per heavy atom. The molecule has 1 aromatic rings. The van der Waals surface area contributed by atoms with Gasteiger partial charge in [-0.1, -0.05) is 26.0 Å². The van der Waals surface area contributed by atoms with E-state index in [-0.39, 0.29) is 5.82 Å². The Morgan fingerprint density at radius 2 is 1.83 bits per heavy atom. The maximum atomic E-state index is 12.9. The molecule has 4 atom stereocenters. The van der Waals surface area contributed by atoms with E-state index in [2.05, 4.69) is 26.1 Å². The summed E-state index contributed by atoms with van der Waals surface area (Å²) in [7, 11) is 0. The molecule has 0 spiro atoms. The minimum Gasteiger partial charge on any atom is -0.307 e. The van der Waals surface area contributed by atoms with Crippen molar-refractivity contribution >= 4 is 0 Å². The standard InChI is InChI=1S/C16H24FN/c1-11-4-9-16(12(2)10-11)18-13(3)14-5-7-15(17)8-6-14/h5-8,11-13,16,18H,4,9-10H2,1-3H3/t11?,12?,13-,16?/m0/s1. The quantitative estimate of drug-likeness (QED) is 0.842. The molecule has 1 saturated carbocycles. The fourth-order valence-electron chi connectivity index (χ4n) is 3.08. The Labute approximate surface area is 110 Å². The number of hydrogen-bond acceptors (Lipinski definition) is 1. The van der Waals surface area contributed by atoms with E-state index in [0.717, 1.165) is 11.8 Å². The van der Waals surface area contributed by atoms with E-state index in [0.29, 0.717) is 12.1 Å². The van der Waals surface area contributed by atoms with Crippen molar-refractivity contribution in [1.29, 1.82) is 0 Å². The van der Waals surface area contributed by atoms with Gasteiger partial charge in [0.15, 0.2) is 0 Å². The zero-order chi connectivity index (χ0) is 13.1. The minimum absolute atomic E-state index is 0.161. The summed E-state index contributed by atoms with van der Waals surface area (Å²) in [6.45, 7) is 6.85. The lowest BCUT2D eigenvalue weighted by atomic mass is 9.79. The summed E-state index contributed by atoms with van der Waals surface area (Å²) < 4.78 is 12.9. The van der Waals surface area contributed by atoms with Crippen LogP contribution >= 0.6 is 0 Å². The van der Waals surface area contributed by atoms with Crippen LogP contribution in [0.3, 0.4) is 0 Å². The van der Waals surface area contributed by atoms with Gasteiger partial charge in [0.2, 0.25) is 0 Å². The van der Waals surface area contributed by atoms with E-state index in [4.69, 9.17) is 0 Å². The van der Waals surface area contributed by atoms with Gasteiger partial charge in [0.25, 0.3) is 0 Å². The predicted molar refractivity (Wildman–Crippen MR) is 73.9 cm³/mol. The van der Waals surface area contributed by atoms with E-state index >= 15 is 0 Å². The highest BCUT2D eigenvalue weighted by molar-refractivity contribution is 5.19. The van der Waals surface area contributed by atoms with Gasteiger partial charge >= 0.3 is 0 Å². The highest BCUT2D eigenvalue weighted by Crippen LogP contribution is 2.30. The van der Waals surface area contributed by atoms with E-state index in [1.165, 1.54) is 24.8 Å². The highest BCUT2D eigenvalue weighted by Gasteiger charge is 2.26. The van der Waals surface area contributed by atoms with Crippen LogP contribution in [0.5, 0.6) is 0 Å². The first-order valence-corrected chi connectivity index (χ1v) is 7.07. The number of halogens is 1. The summed E-state index contributed by atoms with van der Waals surface area (Å²) in [5, 5.41) is 3.70. The molecule has 2 rings (SSSR count). The first-order chi connectivity index (χ1) is 8.56. The van der Waals surface area contributed by atoms with Crippen LogP contribution in [0, 0.1) is 17.7 Å². The summed E-state index contributed by atoms with van der Waals surface area (Å²) in [6, 6.07) is 7.74. The predicted octanol–water partition coefficient (Wildman–Crippen LogP) is 4.30. The van der Waals surface area contributed by atoms with Gasteiger partial charge in [-0.3, -0.25) is 0 Å². The maximum Gasteiger partial charge on any atom is 0.123 e. The van der Waals surface area contributed by atoms with Crippen LogP contribution in [-0.2, 0) is 0 Å². The Morgan fingerprint density at radius 1 is 1.17 bits per heavy atom. The van der Waals surface area contributed by atoms with Gasteiger partial charge in [0.05, 0.1) is 0 Å². The molecule has 0 aromatic heterocycles. The molecule has 0 aliphatic heterocycles. The van der Waals surface area contributed by atoms with Crippen LogP contribution in [0.15, 0.2) is 24.3 Å². The van der Waals surface area contributed by atoms with Gasteiger partial charge in [0.1, 0.15) is 5.82 Å². The van der Waals surface area contributed by atoms with E-state index < -0.39 is 0 Å². The molecule has 0 saturated heterocycles. The second kappa shape index (κ2) is 5.83. The molecule has 1 fully saturated rings. The Hall–Kier alpha value is -0.890. The summed E-state index contributed by atoms with van der Waals surface area (Å²) >= 11 is 0. The molecule has 0 heterocycles. The van der Waals surface area contributed by atoms with E-state index in [9.17, 15) is 4.39 Å². The summed E-state index contributed by atoms with van der Waals surface area (Å²) in [4.78, 5) is 0. The molecule has 1 aromatic carbocycles. The first-order valence-electron chi connectivity index (χ1n) is 7.07. The van der Waals surface area contributed by atoms with Crippen molar-refractivity contribution in [3.8, 4) is 0 Å². The third-order valence-corrected chi connectivity index (χ3v) is 4.27. The van der Waals surface area contributed by atoms with Crippen molar-refractivity contribution in [2.75, 3.05) is 0 Å². The lowest BCUT2D eigenvalue weighted by Crippen LogP contribution is -2.40. The van der Waals surface area contributed by atoms with Crippen LogP contribution in [0.1, 0.15) is 51.6 Å². The maximum absolute atomic E-state index is 12.9. The van der Waals surface area contributed by atoms with Crippen molar-refractivity contribution < 1.29 is 4.39 Å². The van der Waals surface area contributed by atoms with Gasteiger partial charge in [-0.2, -0.15) is 0 Å². The van der Waals surface area contributed by atoms with Crippen molar-refractivity contribution in [2.24, 2.45) is 11.8 Å². The van der Waals surface area contributed by atoms with Crippen molar-refractivity contribution in [3.63, 3.8) is 0 Å². The zero-order valence-corrected chi connectivity index (χ0v) is 11.6. The molecular weight excluding hydrogens is 225 g/mol. The molecule has 1 N–H and O–H groups in total. The fourth-order valence-corrected chi connectivity index (χ4v) is 3.08. The molecule has 0 bridgehead atoms. The van der Waals surface area contributed by atoms with Crippen LogP contribution < -0.4 is 5.32 Å². The molecule has 18 heavy (non-hydrogen) atoms. The molecular formula is C16H24FN. The third-order valence-electron chi connectivity index (χ3n) is 4.27. The second-order valence-corrected chi connectivity index (χ2v) is 5.94. The average Bonchev–Trinajstić information content (AvgIpc) is 2.33. The van der Waals surface area contributed by atoms with Crippen molar-refractivity contribution in [3.05, 3.63) is 35.6 Å². The Kier molecular flexibility index (Phi) is 4.39. The van der Waals surface area contributed by atoms with Gasteiger partial charge in [-0.05, 0) is 55.7 Å². The van der Waals surface area contributed by atoms with Gasteiger partial charge in [0, 0.05) is 12.1 Å². The van der Waals surface area contributed by atoms with E-state index in [1.54, 1.807) is 12.1 Å².